The molecule has 1 rings (SSSR count). The van der Waals surface area contributed by atoms with E-state index in [4.69, 9.17) is 4.74 Å². The Hall–Kier alpha value is -1.47. The first-order valence-corrected chi connectivity index (χ1v) is 9.25. The number of nitrogens with zero attached hydrogens (tertiary/aromatic N) is 2. The molecule has 1 aromatic rings. The van der Waals surface area contributed by atoms with Gasteiger partial charge in [0, 0.05) is 25.0 Å². The maximum atomic E-state index is 12.8. The standard InChI is InChI=1S/C17H28N2O4S/c1-5-7-8-13(6-2)16(20)19(9-10-22-3)11-15-18-14(12-24-15)17(21)23-4/h12-13H,5-11H2,1-4H3/t13-/m0/s1. The quantitative estimate of drug-likeness (QED) is 0.570. The number of hydrogen-bond acceptors (Lipinski definition) is 6. The second kappa shape index (κ2) is 11.1. The van der Waals surface area contributed by atoms with Crippen molar-refractivity contribution in [3.8, 4) is 0 Å². The third kappa shape index (κ3) is 6.20. The van der Waals surface area contributed by atoms with Crippen LogP contribution in [-0.2, 0) is 20.8 Å². The molecule has 1 atom stereocenters. The first-order chi connectivity index (χ1) is 11.6. The van der Waals surface area contributed by atoms with Crippen molar-refractivity contribution in [1.29, 1.82) is 0 Å². The molecule has 0 saturated carbocycles. The van der Waals surface area contributed by atoms with Crippen LogP contribution in [0, 0.1) is 5.92 Å². The summed E-state index contributed by atoms with van der Waals surface area (Å²) in [5.74, 6) is -0.290. The van der Waals surface area contributed by atoms with Gasteiger partial charge in [-0.15, -0.1) is 11.3 Å². The van der Waals surface area contributed by atoms with Crippen molar-refractivity contribution in [2.45, 2.75) is 46.1 Å². The highest BCUT2D eigenvalue weighted by atomic mass is 32.1. The van der Waals surface area contributed by atoms with E-state index in [1.54, 1.807) is 17.4 Å². The molecule has 6 nitrogen and oxygen atoms in total. The van der Waals surface area contributed by atoms with Gasteiger partial charge in [0.15, 0.2) is 5.69 Å². The van der Waals surface area contributed by atoms with Gasteiger partial charge in [0.05, 0.1) is 20.3 Å². The lowest BCUT2D eigenvalue weighted by Gasteiger charge is -2.26. The Kier molecular flexibility index (Phi) is 9.56. The molecule has 0 N–H and O–H groups in total. The molecule has 0 aliphatic rings. The Labute approximate surface area is 148 Å². The van der Waals surface area contributed by atoms with Crippen LogP contribution in [-0.4, -0.2) is 49.1 Å². The summed E-state index contributed by atoms with van der Waals surface area (Å²) in [7, 11) is 2.95. The fourth-order valence-electron chi connectivity index (χ4n) is 2.42. The smallest absolute Gasteiger partial charge is 0.357 e. The number of carbonyl (C=O) groups excluding carboxylic acids is 2. The topological polar surface area (TPSA) is 68.7 Å². The molecule has 1 heterocycles. The number of ether oxygens (including phenoxy) is 2. The Morgan fingerprint density at radius 2 is 2.08 bits per heavy atom. The summed E-state index contributed by atoms with van der Waals surface area (Å²) in [6, 6.07) is 0. The van der Waals surface area contributed by atoms with E-state index in [0.29, 0.717) is 19.7 Å². The van der Waals surface area contributed by atoms with E-state index in [1.165, 1.54) is 18.4 Å². The molecular formula is C17H28N2O4S. The van der Waals surface area contributed by atoms with Crippen LogP contribution in [0.5, 0.6) is 0 Å². The molecule has 0 aliphatic heterocycles. The molecule has 0 fully saturated rings. The second-order valence-electron chi connectivity index (χ2n) is 5.62. The summed E-state index contributed by atoms with van der Waals surface area (Å²) in [4.78, 5) is 30.4. The van der Waals surface area contributed by atoms with Crippen molar-refractivity contribution in [3.63, 3.8) is 0 Å². The lowest BCUT2D eigenvalue weighted by molar-refractivity contribution is -0.137. The number of amides is 1. The summed E-state index contributed by atoms with van der Waals surface area (Å²) in [6.07, 6.45) is 3.86. The Bertz CT molecular complexity index is 518. The predicted molar refractivity (Wildman–Crippen MR) is 94.1 cm³/mol. The van der Waals surface area contributed by atoms with Gasteiger partial charge in [0.2, 0.25) is 5.91 Å². The van der Waals surface area contributed by atoms with Gasteiger partial charge < -0.3 is 14.4 Å². The zero-order chi connectivity index (χ0) is 17.9. The van der Waals surface area contributed by atoms with Crippen LogP contribution in [0.25, 0.3) is 0 Å². The second-order valence-corrected chi connectivity index (χ2v) is 6.56. The molecule has 0 unspecified atom stereocenters. The molecule has 0 aliphatic carbocycles. The van der Waals surface area contributed by atoms with Crippen LogP contribution in [0.2, 0.25) is 0 Å². The number of carbonyl (C=O) groups is 2. The van der Waals surface area contributed by atoms with E-state index in [0.717, 1.165) is 30.7 Å². The minimum atomic E-state index is -0.457. The first kappa shape index (κ1) is 20.6. The highest BCUT2D eigenvalue weighted by Crippen LogP contribution is 2.19. The summed E-state index contributed by atoms with van der Waals surface area (Å²) in [6.45, 7) is 5.57. The molecule has 1 amide bonds. The zero-order valence-corrected chi connectivity index (χ0v) is 15.9. The van der Waals surface area contributed by atoms with Crippen molar-refractivity contribution in [2.75, 3.05) is 27.4 Å². The highest BCUT2D eigenvalue weighted by Gasteiger charge is 2.24. The van der Waals surface area contributed by atoms with Gasteiger partial charge in [-0.05, 0) is 12.8 Å². The van der Waals surface area contributed by atoms with E-state index in [9.17, 15) is 9.59 Å². The minimum Gasteiger partial charge on any atom is -0.464 e. The van der Waals surface area contributed by atoms with Crippen molar-refractivity contribution in [3.05, 3.63) is 16.1 Å². The SMILES string of the molecule is CCCC[C@H](CC)C(=O)N(CCOC)Cc1nc(C(=O)OC)cs1. The van der Waals surface area contributed by atoms with Gasteiger partial charge in [0.1, 0.15) is 5.01 Å². The van der Waals surface area contributed by atoms with Crippen LogP contribution in [0.1, 0.15) is 55.0 Å². The van der Waals surface area contributed by atoms with Crippen LogP contribution in [0.4, 0.5) is 0 Å². The van der Waals surface area contributed by atoms with Crippen LogP contribution < -0.4 is 0 Å². The summed E-state index contributed by atoms with van der Waals surface area (Å²) in [5, 5.41) is 2.39. The third-order valence-corrected chi connectivity index (χ3v) is 4.73. The predicted octanol–water partition coefficient (Wildman–Crippen LogP) is 3.12. The van der Waals surface area contributed by atoms with Gasteiger partial charge in [0.25, 0.3) is 0 Å². The van der Waals surface area contributed by atoms with Crippen molar-refractivity contribution in [1.82, 2.24) is 9.88 Å². The molecule has 0 saturated heterocycles. The van der Waals surface area contributed by atoms with Gasteiger partial charge in [-0.1, -0.05) is 26.7 Å². The lowest BCUT2D eigenvalue weighted by Crippen LogP contribution is -2.37. The fraction of sp³-hybridized carbons (Fsp3) is 0.706. The van der Waals surface area contributed by atoms with Crippen LogP contribution in [0.15, 0.2) is 5.38 Å². The van der Waals surface area contributed by atoms with E-state index in [2.05, 4.69) is 16.6 Å². The largest absolute Gasteiger partial charge is 0.464 e. The minimum absolute atomic E-state index is 0.0295. The molecule has 0 bridgehead atoms. The molecule has 7 heteroatoms. The Morgan fingerprint density at radius 3 is 2.67 bits per heavy atom. The van der Waals surface area contributed by atoms with Crippen molar-refractivity contribution >= 4 is 23.2 Å². The van der Waals surface area contributed by atoms with Crippen molar-refractivity contribution < 1.29 is 19.1 Å². The molecule has 1 aromatic heterocycles. The number of thiazole rings is 1. The van der Waals surface area contributed by atoms with Gasteiger partial charge in [-0.2, -0.15) is 0 Å². The number of esters is 1. The average molecular weight is 356 g/mol. The lowest BCUT2D eigenvalue weighted by atomic mass is 9.97. The molecule has 0 spiro atoms. The maximum Gasteiger partial charge on any atom is 0.357 e. The highest BCUT2D eigenvalue weighted by molar-refractivity contribution is 7.09. The molecule has 136 valence electrons. The van der Waals surface area contributed by atoms with Gasteiger partial charge in [-0.25, -0.2) is 9.78 Å². The van der Waals surface area contributed by atoms with E-state index >= 15 is 0 Å². The fourth-order valence-corrected chi connectivity index (χ4v) is 3.20. The zero-order valence-electron chi connectivity index (χ0n) is 15.0. The summed E-state index contributed by atoms with van der Waals surface area (Å²) in [5.41, 5.74) is 0.287. The van der Waals surface area contributed by atoms with Crippen LogP contribution >= 0.6 is 11.3 Å². The number of rotatable bonds is 11. The monoisotopic (exact) mass is 356 g/mol. The maximum absolute atomic E-state index is 12.8. The molecule has 24 heavy (non-hydrogen) atoms. The van der Waals surface area contributed by atoms with E-state index in [-0.39, 0.29) is 17.5 Å². The number of hydrogen-bond donors (Lipinski definition) is 0. The Balaban J connectivity index is 2.81. The average Bonchev–Trinajstić information content (AvgIpc) is 3.06. The van der Waals surface area contributed by atoms with Gasteiger partial charge in [-0.3, -0.25) is 4.79 Å². The van der Waals surface area contributed by atoms with E-state index in [1.807, 2.05) is 6.92 Å². The number of aromatic nitrogens is 1. The van der Waals surface area contributed by atoms with Crippen LogP contribution in [0.3, 0.4) is 0 Å². The number of methoxy groups -OCH3 is 2. The Morgan fingerprint density at radius 1 is 1.33 bits per heavy atom. The number of unbranched alkanes of at least 4 members (excludes halogenated alkanes) is 1. The normalized spacial score (nSPS) is 12.0. The summed E-state index contributed by atoms with van der Waals surface area (Å²) < 4.78 is 9.80. The molecular weight excluding hydrogens is 328 g/mol. The third-order valence-electron chi connectivity index (χ3n) is 3.90. The van der Waals surface area contributed by atoms with E-state index < -0.39 is 5.97 Å². The first-order valence-electron chi connectivity index (χ1n) is 8.37. The van der Waals surface area contributed by atoms with Crippen molar-refractivity contribution in [2.24, 2.45) is 5.92 Å². The molecule has 0 radical (unpaired) electrons. The van der Waals surface area contributed by atoms with Gasteiger partial charge >= 0.3 is 5.97 Å². The summed E-state index contributed by atoms with van der Waals surface area (Å²) >= 11 is 1.36. The molecule has 0 aromatic carbocycles.